The fourth-order valence-electron chi connectivity index (χ4n) is 2.58. The predicted octanol–water partition coefficient (Wildman–Crippen LogP) is 3.94. The van der Waals surface area contributed by atoms with Crippen molar-refractivity contribution in [2.45, 2.75) is 25.7 Å². The Bertz CT molecular complexity index is 917. The maximum atomic E-state index is 12.3. The van der Waals surface area contributed by atoms with Gasteiger partial charge in [0.1, 0.15) is 12.3 Å². The number of anilines is 1. The molecule has 0 unspecified atom stereocenters. The lowest BCUT2D eigenvalue weighted by atomic mass is 10.2. The number of carbonyl (C=O) groups is 1. The van der Waals surface area contributed by atoms with Crippen molar-refractivity contribution in [3.63, 3.8) is 0 Å². The molecule has 2 rings (SSSR count). The van der Waals surface area contributed by atoms with E-state index in [0.717, 1.165) is 21.9 Å². The molecular weight excluding hydrogens is 444 g/mol. The number of thioether (sulfide) groups is 1. The molecule has 0 aliphatic heterocycles. The fraction of sp³-hybridized carbons (Fsp3) is 0.381. The summed E-state index contributed by atoms with van der Waals surface area (Å²) in [5.74, 6) is 1.82. The standard InChI is InChI=1S/C21H27ClN2O4S2/c1-16(2)28-20-10-8-19(9-11-20)24(30(3,26)27)14-21(25)23-12-13-29-15-17-4-6-18(22)7-5-17/h4-11,16H,12-15H2,1-3H3,(H,23,25). The van der Waals surface area contributed by atoms with Crippen LogP contribution in [0.1, 0.15) is 19.4 Å². The quantitative estimate of drug-likeness (QED) is 0.503. The first-order valence-corrected chi connectivity index (χ1v) is 12.9. The number of nitrogens with zero attached hydrogens (tertiary/aromatic N) is 1. The minimum atomic E-state index is -3.61. The highest BCUT2D eigenvalue weighted by molar-refractivity contribution is 7.98. The Morgan fingerprint density at radius 2 is 1.77 bits per heavy atom. The monoisotopic (exact) mass is 470 g/mol. The number of hydrogen-bond acceptors (Lipinski definition) is 5. The van der Waals surface area contributed by atoms with Crippen LogP contribution < -0.4 is 14.4 Å². The number of ether oxygens (including phenoxy) is 1. The van der Waals surface area contributed by atoms with Gasteiger partial charge < -0.3 is 10.1 Å². The van der Waals surface area contributed by atoms with Crippen molar-refractivity contribution >= 4 is 45.0 Å². The Kier molecular flexibility index (Phi) is 9.33. The molecule has 0 aliphatic carbocycles. The maximum Gasteiger partial charge on any atom is 0.240 e. The lowest BCUT2D eigenvalue weighted by Crippen LogP contribution is -2.41. The van der Waals surface area contributed by atoms with Crippen LogP contribution in [0.2, 0.25) is 5.02 Å². The van der Waals surface area contributed by atoms with E-state index in [2.05, 4.69) is 5.32 Å². The van der Waals surface area contributed by atoms with Crippen molar-refractivity contribution in [1.29, 1.82) is 0 Å². The minimum Gasteiger partial charge on any atom is -0.491 e. The van der Waals surface area contributed by atoms with Gasteiger partial charge in [0.25, 0.3) is 0 Å². The van der Waals surface area contributed by atoms with Crippen LogP contribution in [0.5, 0.6) is 5.75 Å². The summed E-state index contributed by atoms with van der Waals surface area (Å²) in [5.41, 5.74) is 1.57. The summed E-state index contributed by atoms with van der Waals surface area (Å²) in [6.07, 6.45) is 1.10. The number of rotatable bonds is 11. The molecule has 6 nitrogen and oxygen atoms in total. The highest BCUT2D eigenvalue weighted by Gasteiger charge is 2.20. The lowest BCUT2D eigenvalue weighted by molar-refractivity contribution is -0.119. The fourth-order valence-corrected chi connectivity index (χ4v) is 4.38. The average Bonchev–Trinajstić information content (AvgIpc) is 2.67. The third kappa shape index (κ3) is 8.45. The molecule has 0 saturated heterocycles. The second kappa shape index (κ2) is 11.5. The van der Waals surface area contributed by atoms with Crippen molar-refractivity contribution in [3.8, 4) is 5.75 Å². The summed E-state index contributed by atoms with van der Waals surface area (Å²) in [5, 5.41) is 3.48. The predicted molar refractivity (Wildman–Crippen MR) is 125 cm³/mol. The van der Waals surface area contributed by atoms with E-state index in [9.17, 15) is 13.2 Å². The van der Waals surface area contributed by atoms with Gasteiger partial charge in [-0.1, -0.05) is 23.7 Å². The zero-order chi connectivity index (χ0) is 22.1. The molecule has 0 spiro atoms. The summed E-state index contributed by atoms with van der Waals surface area (Å²) < 4.78 is 31.0. The normalized spacial score (nSPS) is 11.4. The number of amides is 1. The molecule has 0 aliphatic rings. The number of carbonyl (C=O) groups excluding carboxylic acids is 1. The number of benzene rings is 2. The molecule has 2 aromatic rings. The molecule has 0 radical (unpaired) electrons. The average molecular weight is 471 g/mol. The largest absolute Gasteiger partial charge is 0.491 e. The molecule has 1 amide bonds. The second-order valence-corrected chi connectivity index (χ2v) is 10.4. The summed E-state index contributed by atoms with van der Waals surface area (Å²) in [7, 11) is -3.61. The third-order valence-corrected chi connectivity index (χ3v) is 6.36. The van der Waals surface area contributed by atoms with Crippen molar-refractivity contribution in [1.82, 2.24) is 5.32 Å². The van der Waals surface area contributed by atoms with E-state index < -0.39 is 10.0 Å². The Hall–Kier alpha value is -1.90. The minimum absolute atomic E-state index is 0.0187. The summed E-state index contributed by atoms with van der Waals surface area (Å²) in [6, 6.07) is 14.3. The van der Waals surface area contributed by atoms with Crippen molar-refractivity contribution < 1.29 is 17.9 Å². The zero-order valence-corrected chi connectivity index (χ0v) is 19.7. The van der Waals surface area contributed by atoms with Crippen molar-refractivity contribution in [2.24, 2.45) is 0 Å². The number of sulfonamides is 1. The molecule has 0 bridgehead atoms. The van der Waals surface area contributed by atoms with E-state index in [1.807, 2.05) is 38.1 Å². The molecule has 0 atom stereocenters. The van der Waals surface area contributed by atoms with Gasteiger partial charge in [-0.05, 0) is 55.8 Å². The van der Waals surface area contributed by atoms with E-state index in [0.29, 0.717) is 28.8 Å². The second-order valence-electron chi connectivity index (χ2n) is 6.96. The lowest BCUT2D eigenvalue weighted by Gasteiger charge is -2.22. The molecular formula is C21H27ClN2O4S2. The van der Waals surface area contributed by atoms with Crippen LogP contribution in [-0.2, 0) is 20.6 Å². The first kappa shape index (κ1) is 24.4. The van der Waals surface area contributed by atoms with E-state index in [-0.39, 0.29) is 18.6 Å². The maximum absolute atomic E-state index is 12.3. The third-order valence-electron chi connectivity index (χ3n) is 3.93. The van der Waals surface area contributed by atoms with Gasteiger partial charge in [-0.15, -0.1) is 0 Å². The smallest absolute Gasteiger partial charge is 0.240 e. The van der Waals surface area contributed by atoms with Gasteiger partial charge in [0.2, 0.25) is 15.9 Å². The molecule has 0 saturated carbocycles. The molecule has 1 N–H and O–H groups in total. The van der Waals surface area contributed by atoms with Crippen LogP contribution >= 0.6 is 23.4 Å². The summed E-state index contributed by atoms with van der Waals surface area (Å²) >= 11 is 7.55. The summed E-state index contributed by atoms with van der Waals surface area (Å²) in [6.45, 7) is 4.00. The van der Waals surface area contributed by atoms with Crippen LogP contribution in [0.4, 0.5) is 5.69 Å². The molecule has 9 heteroatoms. The van der Waals surface area contributed by atoms with E-state index >= 15 is 0 Å². The SMILES string of the molecule is CC(C)Oc1ccc(N(CC(=O)NCCSCc2ccc(Cl)cc2)S(C)(=O)=O)cc1. The van der Waals surface area contributed by atoms with Crippen molar-refractivity contribution in [2.75, 3.05) is 29.4 Å². The Morgan fingerprint density at radius 3 is 2.33 bits per heavy atom. The van der Waals surface area contributed by atoms with Gasteiger partial charge in [0.05, 0.1) is 18.0 Å². The van der Waals surface area contributed by atoms with Gasteiger partial charge in [-0.2, -0.15) is 11.8 Å². The first-order valence-electron chi connectivity index (χ1n) is 9.48. The Balaban J connectivity index is 1.84. The number of nitrogens with one attached hydrogen (secondary N) is 1. The van der Waals surface area contributed by atoms with E-state index in [1.165, 1.54) is 0 Å². The molecule has 30 heavy (non-hydrogen) atoms. The van der Waals surface area contributed by atoms with Crippen LogP contribution in [0.25, 0.3) is 0 Å². The van der Waals surface area contributed by atoms with Gasteiger partial charge in [-0.3, -0.25) is 9.10 Å². The Morgan fingerprint density at radius 1 is 1.13 bits per heavy atom. The van der Waals surface area contributed by atoms with Crippen LogP contribution in [0, 0.1) is 0 Å². The Labute approximate surface area is 188 Å². The topological polar surface area (TPSA) is 75.7 Å². The van der Waals surface area contributed by atoms with Crippen molar-refractivity contribution in [3.05, 3.63) is 59.1 Å². The van der Waals surface area contributed by atoms with Gasteiger partial charge >= 0.3 is 0 Å². The molecule has 164 valence electrons. The van der Waals surface area contributed by atoms with Crippen LogP contribution in [-0.4, -0.2) is 45.5 Å². The number of hydrogen-bond donors (Lipinski definition) is 1. The molecule has 0 heterocycles. The highest BCUT2D eigenvalue weighted by Crippen LogP contribution is 2.22. The van der Waals surface area contributed by atoms with Crippen LogP contribution in [0.3, 0.4) is 0 Å². The van der Waals surface area contributed by atoms with E-state index in [1.54, 1.807) is 36.0 Å². The van der Waals surface area contributed by atoms with Gasteiger partial charge in [0, 0.05) is 23.1 Å². The van der Waals surface area contributed by atoms with Gasteiger partial charge in [-0.25, -0.2) is 8.42 Å². The number of halogens is 1. The molecule has 2 aromatic carbocycles. The summed E-state index contributed by atoms with van der Waals surface area (Å²) in [4.78, 5) is 12.3. The van der Waals surface area contributed by atoms with Gasteiger partial charge in [0.15, 0.2) is 0 Å². The first-order chi connectivity index (χ1) is 14.1. The van der Waals surface area contributed by atoms with E-state index in [4.69, 9.17) is 16.3 Å². The highest BCUT2D eigenvalue weighted by atomic mass is 35.5. The zero-order valence-electron chi connectivity index (χ0n) is 17.3. The van der Waals surface area contributed by atoms with Crippen LogP contribution in [0.15, 0.2) is 48.5 Å². The molecule has 0 fully saturated rings. The molecule has 0 aromatic heterocycles.